The smallest absolute Gasteiger partial charge is 0.250 e. The summed E-state index contributed by atoms with van der Waals surface area (Å²) in [5.74, 6) is -2.75. The van der Waals surface area contributed by atoms with E-state index in [4.69, 9.17) is 16.3 Å². The van der Waals surface area contributed by atoms with Crippen LogP contribution in [0.5, 0.6) is 0 Å². The zero-order chi connectivity index (χ0) is 27.1. The van der Waals surface area contributed by atoms with Crippen LogP contribution in [0.15, 0.2) is 84.9 Å². The van der Waals surface area contributed by atoms with Crippen LogP contribution in [0, 0.1) is 11.8 Å². The fourth-order valence-corrected chi connectivity index (χ4v) is 6.67. The number of halogens is 1. The van der Waals surface area contributed by atoms with Crippen LogP contribution in [0.3, 0.4) is 0 Å². The molecule has 0 aromatic heterocycles. The lowest BCUT2D eigenvalue weighted by atomic mass is 9.70. The highest BCUT2D eigenvalue weighted by Crippen LogP contribution is 2.59. The van der Waals surface area contributed by atoms with E-state index in [0.717, 1.165) is 0 Å². The minimum absolute atomic E-state index is 0.315. The van der Waals surface area contributed by atoms with Gasteiger partial charge in [-0.2, -0.15) is 0 Å². The number of anilines is 2. The zero-order valence-electron chi connectivity index (χ0n) is 21.0. The van der Waals surface area contributed by atoms with Crippen molar-refractivity contribution >= 4 is 40.7 Å². The SMILES string of the molecule is O=C(Nc1ccc(Cl)cc1)C1N([C@H](CO)c2ccccc2)C(=O)[C@@H]2[C@@H](C(=O)Nc3ccccc3)[C@H]3CCC12O3. The first-order valence-electron chi connectivity index (χ1n) is 13.0. The van der Waals surface area contributed by atoms with Crippen LogP contribution in [-0.2, 0) is 19.1 Å². The molecule has 2 bridgehead atoms. The maximum absolute atomic E-state index is 14.3. The van der Waals surface area contributed by atoms with Crippen molar-refractivity contribution in [1.29, 1.82) is 0 Å². The van der Waals surface area contributed by atoms with Gasteiger partial charge in [-0.3, -0.25) is 14.4 Å². The second kappa shape index (κ2) is 10.1. The van der Waals surface area contributed by atoms with Gasteiger partial charge in [0.05, 0.1) is 30.6 Å². The highest BCUT2D eigenvalue weighted by Gasteiger charge is 2.75. The van der Waals surface area contributed by atoms with Gasteiger partial charge in [0.15, 0.2) is 0 Å². The number of hydrogen-bond acceptors (Lipinski definition) is 5. The molecule has 3 aromatic carbocycles. The van der Waals surface area contributed by atoms with Gasteiger partial charge < -0.3 is 25.4 Å². The molecule has 3 N–H and O–H groups in total. The molecule has 9 heteroatoms. The third-order valence-corrected chi connectivity index (χ3v) is 8.39. The minimum atomic E-state index is -1.20. The van der Waals surface area contributed by atoms with Crippen molar-refractivity contribution in [3.8, 4) is 0 Å². The molecule has 6 atom stereocenters. The Morgan fingerprint density at radius 1 is 0.949 bits per heavy atom. The largest absolute Gasteiger partial charge is 0.394 e. The van der Waals surface area contributed by atoms with Crippen molar-refractivity contribution in [2.45, 2.75) is 36.6 Å². The molecule has 0 aliphatic carbocycles. The maximum atomic E-state index is 14.3. The number of rotatable bonds is 7. The van der Waals surface area contributed by atoms with E-state index in [0.29, 0.717) is 34.8 Å². The van der Waals surface area contributed by atoms with E-state index < -0.39 is 48.1 Å². The lowest BCUT2D eigenvalue weighted by Gasteiger charge is -2.36. The van der Waals surface area contributed by atoms with Crippen molar-refractivity contribution in [3.05, 3.63) is 95.5 Å². The van der Waals surface area contributed by atoms with Crippen molar-refractivity contribution < 1.29 is 24.2 Å². The number of fused-ring (bicyclic) bond motifs is 1. The van der Waals surface area contributed by atoms with Gasteiger partial charge in [-0.1, -0.05) is 60.1 Å². The van der Waals surface area contributed by atoms with Crippen LogP contribution >= 0.6 is 11.6 Å². The number of benzene rings is 3. The van der Waals surface area contributed by atoms with Gasteiger partial charge in [-0.15, -0.1) is 0 Å². The molecule has 8 nitrogen and oxygen atoms in total. The molecule has 0 saturated carbocycles. The average Bonchev–Trinajstić information content (AvgIpc) is 3.59. The molecule has 39 heavy (non-hydrogen) atoms. The predicted octanol–water partition coefficient (Wildman–Crippen LogP) is 4.03. The van der Waals surface area contributed by atoms with Gasteiger partial charge in [-0.05, 0) is 54.8 Å². The molecular weight excluding hydrogens is 518 g/mol. The third kappa shape index (κ3) is 4.29. The first-order valence-corrected chi connectivity index (χ1v) is 13.4. The van der Waals surface area contributed by atoms with Gasteiger partial charge in [0.1, 0.15) is 11.6 Å². The average molecular weight is 546 g/mol. The number of aliphatic hydroxyl groups excluding tert-OH is 1. The Morgan fingerprint density at radius 2 is 1.56 bits per heavy atom. The minimum Gasteiger partial charge on any atom is -0.394 e. The molecule has 3 fully saturated rings. The van der Waals surface area contributed by atoms with Gasteiger partial charge in [0, 0.05) is 16.4 Å². The Morgan fingerprint density at radius 3 is 2.23 bits per heavy atom. The fraction of sp³-hybridized carbons (Fsp3) is 0.300. The number of amides is 3. The molecule has 3 aliphatic heterocycles. The number of carbonyl (C=O) groups excluding carboxylic acids is 3. The highest BCUT2D eigenvalue weighted by molar-refractivity contribution is 6.30. The van der Waals surface area contributed by atoms with Crippen LogP contribution in [0.2, 0.25) is 5.02 Å². The number of aliphatic hydroxyl groups is 1. The number of likely N-dealkylation sites (tertiary alicyclic amines) is 1. The van der Waals surface area contributed by atoms with E-state index in [1.807, 2.05) is 48.5 Å². The standard InChI is InChI=1S/C30H28ClN3O5/c31-19-11-13-21(14-12-19)33-28(37)26-30-16-15-23(39-30)24(27(36)32-20-9-5-2-6-10-20)25(30)29(38)34(26)22(17-35)18-7-3-1-4-8-18/h1-14,22-26,35H,15-17H2,(H,32,36)(H,33,37)/t22-,23-,24+,25+,26?,30?/m1/s1. The van der Waals surface area contributed by atoms with Gasteiger partial charge in [0.25, 0.3) is 0 Å². The molecule has 3 aromatic rings. The second-order valence-electron chi connectivity index (χ2n) is 10.3. The van der Waals surface area contributed by atoms with E-state index >= 15 is 0 Å². The van der Waals surface area contributed by atoms with Crippen LogP contribution in [0.25, 0.3) is 0 Å². The van der Waals surface area contributed by atoms with Crippen LogP contribution in [0.4, 0.5) is 11.4 Å². The van der Waals surface area contributed by atoms with Crippen molar-refractivity contribution in [3.63, 3.8) is 0 Å². The quantitative estimate of drug-likeness (QED) is 0.415. The summed E-state index contributed by atoms with van der Waals surface area (Å²) in [7, 11) is 0. The monoisotopic (exact) mass is 545 g/mol. The summed E-state index contributed by atoms with van der Waals surface area (Å²) >= 11 is 6.02. The molecule has 3 saturated heterocycles. The Bertz CT molecular complexity index is 1390. The first-order chi connectivity index (χ1) is 18.9. The molecular formula is C30H28ClN3O5. The van der Waals surface area contributed by atoms with Crippen LogP contribution in [-0.4, -0.2) is 52.1 Å². The molecule has 3 heterocycles. The summed E-state index contributed by atoms with van der Waals surface area (Å²) in [6, 6.07) is 23.0. The molecule has 200 valence electrons. The highest BCUT2D eigenvalue weighted by atomic mass is 35.5. The summed E-state index contributed by atoms with van der Waals surface area (Å²) in [5.41, 5.74) is 0.631. The molecule has 3 aliphatic rings. The van der Waals surface area contributed by atoms with E-state index in [1.165, 1.54) is 4.90 Å². The Kier molecular flexibility index (Phi) is 6.62. The first kappa shape index (κ1) is 25.6. The Balaban J connectivity index is 1.39. The molecule has 1 spiro atoms. The van der Waals surface area contributed by atoms with Crippen molar-refractivity contribution in [1.82, 2.24) is 4.90 Å². The van der Waals surface area contributed by atoms with Crippen molar-refractivity contribution in [2.24, 2.45) is 11.8 Å². The topological polar surface area (TPSA) is 108 Å². The Hall–Kier alpha value is -3.72. The summed E-state index contributed by atoms with van der Waals surface area (Å²) in [5, 5.41) is 16.9. The lowest BCUT2D eigenvalue weighted by molar-refractivity contribution is -0.143. The summed E-state index contributed by atoms with van der Waals surface area (Å²) < 4.78 is 6.49. The van der Waals surface area contributed by atoms with E-state index in [2.05, 4.69) is 10.6 Å². The second-order valence-corrected chi connectivity index (χ2v) is 10.7. The number of nitrogens with zero attached hydrogens (tertiary/aromatic N) is 1. The summed E-state index contributed by atoms with van der Waals surface area (Å²) in [6.07, 6.45) is 0.510. The predicted molar refractivity (Wildman–Crippen MR) is 146 cm³/mol. The lowest BCUT2D eigenvalue weighted by Crippen LogP contribution is -2.54. The number of carbonyl (C=O) groups is 3. The van der Waals surface area contributed by atoms with E-state index in [9.17, 15) is 19.5 Å². The Labute approximate surface area is 230 Å². The zero-order valence-corrected chi connectivity index (χ0v) is 21.8. The fourth-order valence-electron chi connectivity index (χ4n) is 6.55. The molecule has 2 unspecified atom stereocenters. The normalized spacial score (nSPS) is 27.7. The van der Waals surface area contributed by atoms with Crippen LogP contribution < -0.4 is 10.6 Å². The summed E-state index contributed by atoms with van der Waals surface area (Å²) in [4.78, 5) is 43.3. The molecule has 6 rings (SSSR count). The van der Waals surface area contributed by atoms with Gasteiger partial charge >= 0.3 is 0 Å². The number of hydrogen-bond donors (Lipinski definition) is 3. The molecule has 3 amide bonds. The van der Waals surface area contributed by atoms with E-state index in [-0.39, 0.29) is 11.8 Å². The van der Waals surface area contributed by atoms with Gasteiger partial charge in [0.2, 0.25) is 17.7 Å². The summed E-state index contributed by atoms with van der Waals surface area (Å²) in [6.45, 7) is -0.395. The molecule has 0 radical (unpaired) electrons. The number of nitrogens with one attached hydrogen (secondary N) is 2. The van der Waals surface area contributed by atoms with Gasteiger partial charge in [-0.25, -0.2) is 0 Å². The number of ether oxygens (including phenoxy) is 1. The van der Waals surface area contributed by atoms with E-state index in [1.54, 1.807) is 36.4 Å². The number of para-hydroxylation sites is 1. The van der Waals surface area contributed by atoms with Crippen molar-refractivity contribution in [2.75, 3.05) is 17.2 Å². The van der Waals surface area contributed by atoms with Crippen LogP contribution in [0.1, 0.15) is 24.4 Å². The third-order valence-electron chi connectivity index (χ3n) is 8.14. The maximum Gasteiger partial charge on any atom is 0.250 e.